The van der Waals surface area contributed by atoms with Gasteiger partial charge in [-0.3, -0.25) is 9.10 Å². The van der Waals surface area contributed by atoms with Crippen molar-refractivity contribution in [2.75, 3.05) is 4.31 Å². The second kappa shape index (κ2) is 6.10. The quantitative estimate of drug-likeness (QED) is 0.598. The molecular formula is C15H19NOS. The molecule has 0 saturated heterocycles. The van der Waals surface area contributed by atoms with Crippen molar-refractivity contribution >= 4 is 23.5 Å². The van der Waals surface area contributed by atoms with Gasteiger partial charge in [-0.25, -0.2) is 0 Å². The number of rotatable bonds is 4. The minimum absolute atomic E-state index is 0.0121. The second-order valence-corrected chi connectivity index (χ2v) is 5.97. The molecule has 1 aromatic rings. The molecule has 2 nitrogen and oxygen atoms in total. The van der Waals surface area contributed by atoms with Crippen LogP contribution in [0.25, 0.3) is 0 Å². The van der Waals surface area contributed by atoms with Gasteiger partial charge < -0.3 is 0 Å². The van der Waals surface area contributed by atoms with Crippen LogP contribution in [-0.2, 0) is 4.79 Å². The number of amides is 1. The molecule has 96 valence electrons. The number of benzene rings is 1. The van der Waals surface area contributed by atoms with Crippen LogP contribution in [0.15, 0.2) is 42.5 Å². The van der Waals surface area contributed by atoms with Crippen molar-refractivity contribution in [2.45, 2.75) is 37.9 Å². The molecule has 1 saturated carbocycles. The average Bonchev–Trinajstić information content (AvgIpc) is 2.89. The maximum Gasteiger partial charge on any atom is 0.263 e. The van der Waals surface area contributed by atoms with E-state index in [0.29, 0.717) is 10.8 Å². The summed E-state index contributed by atoms with van der Waals surface area (Å²) in [5, 5.41) is 0.563. The maximum absolute atomic E-state index is 12.2. The first-order valence-corrected chi connectivity index (χ1v) is 7.24. The zero-order chi connectivity index (χ0) is 13.0. The van der Waals surface area contributed by atoms with Crippen molar-refractivity contribution < 1.29 is 4.79 Å². The summed E-state index contributed by atoms with van der Waals surface area (Å²) in [7, 11) is 0. The summed E-state index contributed by atoms with van der Waals surface area (Å²) in [5.74, 6) is 0.0121. The molecule has 2 rings (SSSR count). The first-order valence-electron chi connectivity index (χ1n) is 6.40. The summed E-state index contributed by atoms with van der Waals surface area (Å²) in [6.07, 6.45) is 4.97. The molecule has 0 radical (unpaired) electrons. The number of para-hydroxylation sites is 1. The fourth-order valence-corrected chi connectivity index (χ4v) is 3.44. The van der Waals surface area contributed by atoms with Gasteiger partial charge in [-0.05, 0) is 43.8 Å². The van der Waals surface area contributed by atoms with Gasteiger partial charge in [0.25, 0.3) is 5.91 Å². The molecule has 0 unspecified atom stereocenters. The Hall–Kier alpha value is -1.22. The Morgan fingerprint density at radius 3 is 2.44 bits per heavy atom. The predicted octanol–water partition coefficient (Wildman–Crippen LogP) is 4.19. The van der Waals surface area contributed by atoms with Crippen LogP contribution in [0.1, 0.15) is 32.6 Å². The van der Waals surface area contributed by atoms with Gasteiger partial charge in [0.05, 0.1) is 5.69 Å². The van der Waals surface area contributed by atoms with Gasteiger partial charge in [0.15, 0.2) is 0 Å². The number of hydrogen-bond donors (Lipinski definition) is 0. The minimum atomic E-state index is 0.0121. The van der Waals surface area contributed by atoms with Gasteiger partial charge >= 0.3 is 0 Å². The lowest BCUT2D eigenvalue weighted by Gasteiger charge is -2.24. The Morgan fingerprint density at radius 1 is 1.28 bits per heavy atom. The van der Waals surface area contributed by atoms with E-state index in [4.69, 9.17) is 0 Å². The summed E-state index contributed by atoms with van der Waals surface area (Å²) in [6.45, 7) is 5.54. The van der Waals surface area contributed by atoms with Crippen molar-refractivity contribution in [3.63, 3.8) is 0 Å². The van der Waals surface area contributed by atoms with Crippen LogP contribution in [0, 0.1) is 0 Å². The molecule has 0 heterocycles. The van der Waals surface area contributed by atoms with E-state index >= 15 is 0 Å². The summed E-state index contributed by atoms with van der Waals surface area (Å²) in [4.78, 5) is 12.2. The van der Waals surface area contributed by atoms with Gasteiger partial charge in [-0.1, -0.05) is 37.6 Å². The topological polar surface area (TPSA) is 20.3 Å². The molecule has 18 heavy (non-hydrogen) atoms. The van der Waals surface area contributed by atoms with E-state index in [1.165, 1.54) is 25.7 Å². The Labute approximate surface area is 113 Å². The highest BCUT2D eigenvalue weighted by Crippen LogP contribution is 2.35. The summed E-state index contributed by atoms with van der Waals surface area (Å²) < 4.78 is 1.80. The van der Waals surface area contributed by atoms with Gasteiger partial charge in [-0.2, -0.15) is 0 Å². The van der Waals surface area contributed by atoms with Crippen molar-refractivity contribution in [2.24, 2.45) is 0 Å². The lowest BCUT2D eigenvalue weighted by molar-refractivity contribution is -0.113. The van der Waals surface area contributed by atoms with E-state index in [2.05, 4.69) is 6.58 Å². The average molecular weight is 261 g/mol. The number of carbonyl (C=O) groups excluding carboxylic acids is 1. The van der Waals surface area contributed by atoms with Crippen LogP contribution in [-0.4, -0.2) is 11.2 Å². The lowest BCUT2D eigenvalue weighted by Crippen LogP contribution is -2.26. The van der Waals surface area contributed by atoms with Gasteiger partial charge in [-0.15, -0.1) is 0 Å². The summed E-state index contributed by atoms with van der Waals surface area (Å²) in [6, 6.07) is 9.84. The van der Waals surface area contributed by atoms with E-state index in [0.717, 1.165) is 5.69 Å². The number of nitrogens with zero attached hydrogens (tertiary/aromatic N) is 1. The van der Waals surface area contributed by atoms with Crippen molar-refractivity contribution in [1.29, 1.82) is 0 Å². The molecule has 3 heteroatoms. The van der Waals surface area contributed by atoms with Crippen molar-refractivity contribution in [3.05, 3.63) is 42.5 Å². The molecule has 0 aromatic heterocycles. The number of carbonyl (C=O) groups is 1. The Bertz CT molecular complexity index is 423. The third kappa shape index (κ3) is 3.16. The monoisotopic (exact) mass is 261 g/mol. The highest BCUT2D eigenvalue weighted by molar-refractivity contribution is 8.02. The molecule has 1 amide bonds. The fourth-order valence-electron chi connectivity index (χ4n) is 2.11. The van der Waals surface area contributed by atoms with Crippen molar-refractivity contribution in [1.82, 2.24) is 0 Å². The molecule has 0 N–H and O–H groups in total. The Balaban J connectivity index is 2.17. The van der Waals surface area contributed by atoms with E-state index in [-0.39, 0.29) is 5.91 Å². The van der Waals surface area contributed by atoms with E-state index in [9.17, 15) is 4.79 Å². The highest BCUT2D eigenvalue weighted by atomic mass is 32.2. The Kier molecular flexibility index (Phi) is 4.48. The zero-order valence-corrected chi connectivity index (χ0v) is 11.6. The minimum Gasteiger partial charge on any atom is -0.268 e. The second-order valence-electron chi connectivity index (χ2n) is 4.73. The molecule has 1 aliphatic rings. The van der Waals surface area contributed by atoms with Gasteiger partial charge in [0.1, 0.15) is 0 Å². The SMILES string of the molecule is C=C(C)C(=O)N(SC1CCCC1)c1ccccc1. The third-order valence-electron chi connectivity index (χ3n) is 3.10. The Morgan fingerprint density at radius 2 is 1.89 bits per heavy atom. The van der Waals surface area contributed by atoms with Crippen molar-refractivity contribution in [3.8, 4) is 0 Å². The van der Waals surface area contributed by atoms with Gasteiger partial charge in [0, 0.05) is 10.8 Å². The van der Waals surface area contributed by atoms with Crippen LogP contribution in [0.2, 0.25) is 0 Å². The number of hydrogen-bond acceptors (Lipinski definition) is 2. The maximum atomic E-state index is 12.2. The molecular weight excluding hydrogens is 242 g/mol. The largest absolute Gasteiger partial charge is 0.268 e. The molecule has 1 aliphatic carbocycles. The first-order chi connectivity index (χ1) is 8.68. The predicted molar refractivity (Wildman–Crippen MR) is 78.6 cm³/mol. The first kappa shape index (κ1) is 13.2. The third-order valence-corrected chi connectivity index (χ3v) is 4.45. The molecule has 0 spiro atoms. The zero-order valence-electron chi connectivity index (χ0n) is 10.8. The smallest absolute Gasteiger partial charge is 0.263 e. The molecule has 0 atom stereocenters. The van der Waals surface area contributed by atoms with E-state index < -0.39 is 0 Å². The summed E-state index contributed by atoms with van der Waals surface area (Å²) in [5.41, 5.74) is 1.53. The molecule has 0 bridgehead atoms. The highest BCUT2D eigenvalue weighted by Gasteiger charge is 2.24. The van der Waals surface area contributed by atoms with Crippen LogP contribution in [0.4, 0.5) is 5.69 Å². The number of anilines is 1. The van der Waals surface area contributed by atoms with E-state index in [1.807, 2.05) is 30.3 Å². The molecule has 1 aromatic carbocycles. The molecule has 1 fully saturated rings. The van der Waals surface area contributed by atoms with E-state index in [1.54, 1.807) is 23.2 Å². The van der Waals surface area contributed by atoms with Crippen LogP contribution >= 0.6 is 11.9 Å². The van der Waals surface area contributed by atoms with Gasteiger partial charge in [0.2, 0.25) is 0 Å². The van der Waals surface area contributed by atoms with Crippen LogP contribution in [0.3, 0.4) is 0 Å². The standard InChI is InChI=1S/C15H19NOS/c1-12(2)15(17)16(13-8-4-3-5-9-13)18-14-10-6-7-11-14/h3-5,8-9,14H,1,6-7,10-11H2,2H3. The fraction of sp³-hybridized carbons (Fsp3) is 0.400. The lowest BCUT2D eigenvalue weighted by atomic mass is 10.3. The van der Waals surface area contributed by atoms with Crippen LogP contribution < -0.4 is 4.31 Å². The molecule has 0 aliphatic heterocycles. The normalized spacial score (nSPS) is 15.6. The summed E-state index contributed by atoms with van der Waals surface area (Å²) >= 11 is 1.66. The van der Waals surface area contributed by atoms with Crippen LogP contribution in [0.5, 0.6) is 0 Å².